The number of aliphatic imine (C=N–C) groups is 1. The molecule has 0 aliphatic carbocycles. The van der Waals surface area contributed by atoms with Gasteiger partial charge in [0.1, 0.15) is 42.8 Å². The molecule has 334 valence electrons. The number of aliphatic carboxylic acids is 2. The van der Waals surface area contributed by atoms with E-state index in [1.807, 2.05) is 0 Å². The fraction of sp³-hybridized carbons (Fsp3) is 0.714. The Hall–Kier alpha value is -5.62. The zero-order chi connectivity index (χ0) is 45.0. The van der Waals surface area contributed by atoms with E-state index >= 15 is 0 Å². The second-order valence-corrected chi connectivity index (χ2v) is 14.9. The first-order valence-electron chi connectivity index (χ1n) is 19.2. The van der Waals surface area contributed by atoms with Crippen molar-refractivity contribution >= 4 is 59.2 Å². The molecule has 16 N–H and O–H groups in total. The number of aliphatic hydroxyl groups excluding tert-OH is 2. The summed E-state index contributed by atoms with van der Waals surface area (Å²) < 4.78 is 0. The third kappa shape index (κ3) is 18.7. The molecule has 59 heavy (non-hydrogen) atoms. The summed E-state index contributed by atoms with van der Waals surface area (Å²) in [4.78, 5) is 120. The standard InChI is InChI=1S/C35H61N11O13/c1-17(2)11-21(42-28(53)19(36)13-26(49)50)31(56)44-24(16-48)32(57)41-20(7-5-9-39-35(37)38)30(55)43-22(12-18(3)4)34(59)46-10-6-8-25(46)33(58)45-23(15-47)29(54)40-14-27(51)52/h17-25,47-48H,5-16,36H2,1-4H3,(H,40,54)(H,41,57)(H,42,53)(H,43,55)(H,44,56)(H,45,58)(H,49,50)(H,51,52)(H4,37,38,39)/t19-,20-,21-,22-,23-,24-,25-/m0/s1. The van der Waals surface area contributed by atoms with Crippen LogP contribution in [0.3, 0.4) is 0 Å². The van der Waals surface area contributed by atoms with Crippen LogP contribution in [0, 0.1) is 11.8 Å². The van der Waals surface area contributed by atoms with Gasteiger partial charge in [0.05, 0.1) is 25.7 Å². The molecule has 0 unspecified atom stereocenters. The van der Waals surface area contributed by atoms with E-state index in [2.05, 4.69) is 36.9 Å². The van der Waals surface area contributed by atoms with Crippen molar-refractivity contribution in [2.75, 3.05) is 32.8 Å². The number of hydrogen-bond acceptors (Lipinski definition) is 13. The highest BCUT2D eigenvalue weighted by atomic mass is 16.4. The number of amides is 7. The predicted octanol–water partition coefficient (Wildman–Crippen LogP) is -5.47. The van der Waals surface area contributed by atoms with Gasteiger partial charge in [-0.15, -0.1) is 0 Å². The summed E-state index contributed by atoms with van der Waals surface area (Å²) in [6.07, 6.45) is -0.0145. The minimum Gasteiger partial charge on any atom is -0.481 e. The Balaban J connectivity index is 3.29. The number of carboxylic acids is 2. The van der Waals surface area contributed by atoms with Crippen molar-refractivity contribution in [3.63, 3.8) is 0 Å². The molecule has 1 aliphatic heterocycles. The minimum absolute atomic E-state index is 0.0326. The smallest absolute Gasteiger partial charge is 0.322 e. The maximum atomic E-state index is 14.0. The van der Waals surface area contributed by atoms with E-state index in [1.54, 1.807) is 27.7 Å². The summed E-state index contributed by atoms with van der Waals surface area (Å²) in [5, 5.41) is 51.8. The van der Waals surface area contributed by atoms with Crippen molar-refractivity contribution in [3.8, 4) is 0 Å². The van der Waals surface area contributed by atoms with Gasteiger partial charge in [-0.1, -0.05) is 27.7 Å². The number of hydrogen-bond donors (Lipinski definition) is 13. The molecular weight excluding hydrogens is 782 g/mol. The van der Waals surface area contributed by atoms with Crippen LogP contribution in [-0.4, -0.2) is 160 Å². The maximum absolute atomic E-state index is 14.0. The lowest BCUT2D eigenvalue weighted by molar-refractivity contribution is -0.143. The topological polar surface area (TPSA) is 400 Å². The van der Waals surface area contributed by atoms with Gasteiger partial charge >= 0.3 is 11.9 Å². The largest absolute Gasteiger partial charge is 0.481 e. The zero-order valence-electron chi connectivity index (χ0n) is 33.8. The number of likely N-dealkylation sites (tertiary alicyclic amines) is 1. The maximum Gasteiger partial charge on any atom is 0.322 e. The molecule has 1 rings (SSSR count). The van der Waals surface area contributed by atoms with Crippen molar-refractivity contribution in [1.29, 1.82) is 0 Å². The molecule has 0 aromatic carbocycles. The van der Waals surface area contributed by atoms with Gasteiger partial charge in [0.2, 0.25) is 41.4 Å². The Bertz CT molecular complexity index is 1520. The average molecular weight is 844 g/mol. The highest BCUT2D eigenvalue weighted by molar-refractivity contribution is 5.98. The van der Waals surface area contributed by atoms with E-state index in [0.717, 1.165) is 0 Å². The number of nitrogens with two attached hydrogens (primary N) is 3. The number of aliphatic hydroxyl groups is 2. The normalized spacial score (nSPS) is 16.7. The second-order valence-electron chi connectivity index (χ2n) is 14.9. The molecule has 0 saturated carbocycles. The molecular formula is C35H61N11O13. The Kier molecular flexibility index (Phi) is 22.4. The summed E-state index contributed by atoms with van der Waals surface area (Å²) in [5.41, 5.74) is 16.5. The van der Waals surface area contributed by atoms with Gasteiger partial charge in [0.25, 0.3) is 0 Å². The minimum atomic E-state index is -1.65. The summed E-state index contributed by atoms with van der Waals surface area (Å²) in [6.45, 7) is 4.59. The molecule has 1 saturated heterocycles. The Morgan fingerprint density at radius 1 is 0.695 bits per heavy atom. The van der Waals surface area contributed by atoms with Gasteiger partial charge in [-0.25, -0.2) is 0 Å². The molecule has 0 spiro atoms. The first-order valence-corrected chi connectivity index (χ1v) is 19.2. The molecule has 24 nitrogen and oxygen atoms in total. The van der Waals surface area contributed by atoms with Crippen LogP contribution in [0.1, 0.15) is 72.6 Å². The highest BCUT2D eigenvalue weighted by Gasteiger charge is 2.40. The summed E-state index contributed by atoms with van der Waals surface area (Å²) >= 11 is 0. The second kappa shape index (κ2) is 25.7. The first-order chi connectivity index (χ1) is 27.6. The lowest BCUT2D eigenvalue weighted by Crippen LogP contribution is -2.60. The monoisotopic (exact) mass is 843 g/mol. The van der Waals surface area contributed by atoms with E-state index < -0.39 is 122 Å². The van der Waals surface area contributed by atoms with Crippen molar-refractivity contribution < 1.29 is 63.6 Å². The van der Waals surface area contributed by atoms with Crippen molar-refractivity contribution in [2.45, 2.75) is 115 Å². The fourth-order valence-electron chi connectivity index (χ4n) is 5.99. The summed E-state index contributed by atoms with van der Waals surface area (Å²) in [6, 6.07) is -9.67. The predicted molar refractivity (Wildman–Crippen MR) is 208 cm³/mol. The SMILES string of the molecule is CC(C)C[C@H](NC(=O)[C@@H](N)CC(=O)O)C(=O)N[C@@H](CO)C(=O)N[C@@H](CCCN=C(N)N)C(=O)N[C@@H](CC(C)C)C(=O)N1CCC[C@H]1C(=O)N[C@@H](CO)C(=O)NCC(=O)O. The number of carboxylic acid groups (broad SMARTS) is 2. The first kappa shape index (κ1) is 51.4. The average Bonchev–Trinajstić information content (AvgIpc) is 3.64. The van der Waals surface area contributed by atoms with Gasteiger partial charge in [-0.3, -0.25) is 48.1 Å². The quantitative estimate of drug-likeness (QED) is 0.0219. The van der Waals surface area contributed by atoms with Gasteiger partial charge < -0.3 is 74.4 Å². The van der Waals surface area contributed by atoms with Crippen molar-refractivity contribution in [3.05, 3.63) is 0 Å². The number of nitrogens with one attached hydrogen (secondary N) is 6. The lowest BCUT2D eigenvalue weighted by Gasteiger charge is -2.31. The molecule has 1 fully saturated rings. The highest BCUT2D eigenvalue weighted by Crippen LogP contribution is 2.21. The molecule has 1 heterocycles. The van der Waals surface area contributed by atoms with Crippen molar-refractivity contribution in [1.82, 2.24) is 36.8 Å². The lowest BCUT2D eigenvalue weighted by atomic mass is 10.0. The van der Waals surface area contributed by atoms with Crippen LogP contribution in [0.2, 0.25) is 0 Å². The molecule has 1 aliphatic rings. The third-order valence-electron chi connectivity index (χ3n) is 8.85. The van der Waals surface area contributed by atoms with Crippen LogP contribution in [0.25, 0.3) is 0 Å². The molecule has 0 bridgehead atoms. The zero-order valence-corrected chi connectivity index (χ0v) is 33.8. The molecule has 24 heteroatoms. The van der Waals surface area contributed by atoms with Crippen LogP contribution in [0.5, 0.6) is 0 Å². The fourth-order valence-corrected chi connectivity index (χ4v) is 5.99. The molecule has 0 radical (unpaired) electrons. The molecule has 0 aromatic rings. The van der Waals surface area contributed by atoms with Gasteiger partial charge in [0, 0.05) is 13.1 Å². The van der Waals surface area contributed by atoms with E-state index in [1.165, 1.54) is 4.90 Å². The van der Waals surface area contributed by atoms with Crippen LogP contribution in [0.4, 0.5) is 0 Å². The Labute approximate surface area is 341 Å². The van der Waals surface area contributed by atoms with E-state index in [0.29, 0.717) is 6.42 Å². The number of carbonyl (C=O) groups excluding carboxylic acids is 7. The van der Waals surface area contributed by atoms with Crippen LogP contribution in [0.15, 0.2) is 4.99 Å². The van der Waals surface area contributed by atoms with Crippen LogP contribution < -0.4 is 49.1 Å². The molecule has 0 aromatic heterocycles. The van der Waals surface area contributed by atoms with Gasteiger partial charge in [0.15, 0.2) is 5.96 Å². The summed E-state index contributed by atoms with van der Waals surface area (Å²) in [5.74, 6) is -9.41. The third-order valence-corrected chi connectivity index (χ3v) is 8.85. The van der Waals surface area contributed by atoms with E-state index in [4.69, 9.17) is 27.4 Å². The van der Waals surface area contributed by atoms with E-state index in [9.17, 15) is 53.4 Å². The summed E-state index contributed by atoms with van der Waals surface area (Å²) in [7, 11) is 0. The Morgan fingerprint density at radius 2 is 1.20 bits per heavy atom. The number of rotatable bonds is 26. The van der Waals surface area contributed by atoms with E-state index in [-0.39, 0.29) is 63.0 Å². The van der Waals surface area contributed by atoms with Gasteiger partial charge in [-0.05, 0) is 50.4 Å². The molecule has 7 atom stereocenters. The van der Waals surface area contributed by atoms with Gasteiger partial charge in [-0.2, -0.15) is 0 Å². The number of guanidine groups is 1. The van der Waals surface area contributed by atoms with Crippen LogP contribution >= 0.6 is 0 Å². The Morgan fingerprint density at radius 3 is 1.75 bits per heavy atom. The molecule has 7 amide bonds. The number of carbonyl (C=O) groups is 9. The number of nitrogens with zero attached hydrogens (tertiary/aromatic N) is 2. The van der Waals surface area contributed by atoms with Crippen LogP contribution in [-0.2, 0) is 43.2 Å². The van der Waals surface area contributed by atoms with Crippen molar-refractivity contribution in [2.24, 2.45) is 34.0 Å².